The smallest absolute Gasteiger partial charge is 0.289 e. The fourth-order valence-corrected chi connectivity index (χ4v) is 4.42. The number of aryl methyl sites for hydroxylation is 1. The van der Waals surface area contributed by atoms with Crippen molar-refractivity contribution in [1.29, 1.82) is 0 Å². The molecule has 0 aliphatic rings. The average Bonchev–Trinajstić information content (AvgIpc) is 3.03. The third-order valence-electron chi connectivity index (χ3n) is 3.11. The van der Waals surface area contributed by atoms with Crippen LogP contribution in [0, 0.1) is 0 Å². The molecule has 0 spiro atoms. The van der Waals surface area contributed by atoms with E-state index in [-0.39, 0.29) is 11.8 Å². The van der Waals surface area contributed by atoms with Crippen molar-refractivity contribution in [2.24, 2.45) is 12.0 Å². The van der Waals surface area contributed by atoms with Crippen LogP contribution in [-0.4, -0.2) is 16.4 Å². The Morgan fingerprint density at radius 2 is 2.00 bits per heavy atom. The monoisotopic (exact) mass is 409 g/mol. The Bertz CT molecular complexity index is 984. The van der Waals surface area contributed by atoms with Crippen molar-refractivity contribution in [2.75, 3.05) is 5.32 Å². The van der Waals surface area contributed by atoms with E-state index in [4.69, 9.17) is 0 Å². The number of hydrogen-bond acceptors (Lipinski definition) is 4. The van der Waals surface area contributed by atoms with Gasteiger partial charge in [-0.2, -0.15) is 4.99 Å². The second-order valence-corrected chi connectivity index (χ2v) is 8.30. The van der Waals surface area contributed by atoms with Crippen LogP contribution in [0.2, 0.25) is 0 Å². The van der Waals surface area contributed by atoms with Crippen molar-refractivity contribution >= 4 is 66.3 Å². The number of halogens is 1. The van der Waals surface area contributed by atoms with E-state index in [1.54, 1.807) is 6.07 Å². The summed E-state index contributed by atoms with van der Waals surface area (Å²) >= 11 is 6.11. The molecule has 23 heavy (non-hydrogen) atoms. The molecule has 1 aromatic carbocycles. The van der Waals surface area contributed by atoms with Crippen LogP contribution < -0.4 is 10.1 Å². The van der Waals surface area contributed by atoms with E-state index in [0.717, 1.165) is 19.7 Å². The molecule has 0 radical (unpaired) electrons. The van der Waals surface area contributed by atoms with Crippen LogP contribution >= 0.6 is 38.6 Å². The van der Waals surface area contributed by atoms with Gasteiger partial charge in [-0.25, -0.2) is 0 Å². The Balaban J connectivity index is 2.04. The molecule has 0 aliphatic carbocycles. The maximum atomic E-state index is 12.2. The average molecular weight is 410 g/mol. The number of hydrogen-bond donors (Lipinski definition) is 1. The van der Waals surface area contributed by atoms with Gasteiger partial charge in [0.1, 0.15) is 0 Å². The molecule has 0 atom stereocenters. The summed E-state index contributed by atoms with van der Waals surface area (Å²) in [6.07, 6.45) is 0. The number of fused-ring (bicyclic) bond motifs is 1. The normalized spacial score (nSPS) is 11.9. The van der Waals surface area contributed by atoms with Crippen molar-refractivity contribution in [3.63, 3.8) is 0 Å². The van der Waals surface area contributed by atoms with Crippen molar-refractivity contribution < 1.29 is 9.59 Å². The largest absolute Gasteiger partial charge is 0.326 e. The molecule has 0 bridgehead atoms. The van der Waals surface area contributed by atoms with Gasteiger partial charge in [0, 0.05) is 19.7 Å². The van der Waals surface area contributed by atoms with Gasteiger partial charge in [-0.1, -0.05) is 11.3 Å². The quantitative estimate of drug-likeness (QED) is 0.699. The number of nitrogens with one attached hydrogen (secondary N) is 1. The number of aromatic nitrogens is 1. The van der Waals surface area contributed by atoms with Gasteiger partial charge in [0.25, 0.3) is 5.91 Å². The minimum atomic E-state index is -0.259. The number of benzene rings is 1. The number of carbonyl (C=O) groups is 2. The predicted molar refractivity (Wildman–Crippen MR) is 97.0 cm³/mol. The zero-order valence-corrected chi connectivity index (χ0v) is 15.5. The third kappa shape index (κ3) is 3.44. The Kier molecular flexibility index (Phi) is 4.47. The molecule has 2 heterocycles. The van der Waals surface area contributed by atoms with Crippen LogP contribution in [0.1, 0.15) is 16.6 Å². The first kappa shape index (κ1) is 16.1. The molecule has 0 fully saturated rings. The number of rotatable bonds is 2. The Hall–Kier alpha value is -1.77. The summed E-state index contributed by atoms with van der Waals surface area (Å²) in [6.45, 7) is 1.47. The van der Waals surface area contributed by atoms with E-state index >= 15 is 0 Å². The van der Waals surface area contributed by atoms with E-state index in [1.807, 2.05) is 35.9 Å². The Morgan fingerprint density at radius 3 is 2.65 bits per heavy atom. The minimum absolute atomic E-state index is 0.117. The molecular weight excluding hydrogens is 398 g/mol. The molecule has 3 rings (SSSR count). The molecule has 0 aliphatic heterocycles. The van der Waals surface area contributed by atoms with Crippen LogP contribution in [0.4, 0.5) is 5.69 Å². The number of nitrogens with zero attached hydrogens (tertiary/aromatic N) is 2. The standard InChI is InChI=1S/C15H12BrN3O2S2/c1-8(20)17-9-3-4-10-12(7-9)23-15(19(10)2)18-14(21)11-5-6-13(16)22-11/h3-7H,1-2H3,(H,17,20). The minimum Gasteiger partial charge on any atom is -0.326 e. The summed E-state index contributed by atoms with van der Waals surface area (Å²) in [5, 5.41) is 2.75. The molecule has 5 nitrogen and oxygen atoms in total. The summed E-state index contributed by atoms with van der Waals surface area (Å²) in [4.78, 5) is 28.8. The fourth-order valence-electron chi connectivity index (χ4n) is 2.09. The SMILES string of the molecule is CC(=O)Nc1ccc2c(c1)sc(=NC(=O)c1ccc(Br)s1)n2C. The lowest BCUT2D eigenvalue weighted by atomic mass is 10.3. The lowest BCUT2D eigenvalue weighted by Crippen LogP contribution is -2.12. The van der Waals surface area contributed by atoms with E-state index in [1.165, 1.54) is 29.6 Å². The lowest BCUT2D eigenvalue weighted by Gasteiger charge is -2.01. The van der Waals surface area contributed by atoms with Gasteiger partial charge in [-0.05, 0) is 46.3 Å². The van der Waals surface area contributed by atoms with Gasteiger partial charge < -0.3 is 9.88 Å². The highest BCUT2D eigenvalue weighted by Crippen LogP contribution is 2.23. The molecule has 0 unspecified atom stereocenters. The highest BCUT2D eigenvalue weighted by atomic mass is 79.9. The second-order valence-electron chi connectivity index (χ2n) is 4.83. The van der Waals surface area contributed by atoms with Crippen molar-refractivity contribution in [1.82, 2.24) is 4.57 Å². The summed E-state index contributed by atoms with van der Waals surface area (Å²) in [5.41, 5.74) is 1.69. The molecule has 3 aromatic rings. The van der Waals surface area contributed by atoms with Crippen LogP contribution in [0.15, 0.2) is 39.1 Å². The molecule has 1 N–H and O–H groups in total. The number of amides is 2. The zero-order valence-electron chi connectivity index (χ0n) is 12.3. The van der Waals surface area contributed by atoms with Gasteiger partial charge in [0.2, 0.25) is 5.91 Å². The second kappa shape index (κ2) is 6.38. The van der Waals surface area contributed by atoms with E-state index in [0.29, 0.717) is 9.68 Å². The topological polar surface area (TPSA) is 63.5 Å². The molecular formula is C15H12BrN3O2S2. The van der Waals surface area contributed by atoms with Gasteiger partial charge in [0.05, 0.1) is 18.9 Å². The van der Waals surface area contributed by atoms with Crippen LogP contribution in [0.25, 0.3) is 10.2 Å². The highest BCUT2D eigenvalue weighted by Gasteiger charge is 2.10. The van der Waals surface area contributed by atoms with Gasteiger partial charge in [0.15, 0.2) is 4.80 Å². The first-order valence-electron chi connectivity index (χ1n) is 6.65. The molecule has 2 aromatic heterocycles. The molecule has 2 amide bonds. The number of anilines is 1. The highest BCUT2D eigenvalue weighted by molar-refractivity contribution is 9.11. The van der Waals surface area contributed by atoms with Crippen LogP contribution in [0.3, 0.4) is 0 Å². The molecule has 0 saturated heterocycles. The maximum Gasteiger partial charge on any atom is 0.289 e. The number of thiophene rings is 1. The van der Waals surface area contributed by atoms with Gasteiger partial charge in [-0.15, -0.1) is 11.3 Å². The number of thiazole rings is 1. The molecule has 0 saturated carbocycles. The maximum absolute atomic E-state index is 12.2. The summed E-state index contributed by atoms with van der Waals surface area (Å²) in [7, 11) is 1.87. The summed E-state index contributed by atoms with van der Waals surface area (Å²) < 4.78 is 3.73. The third-order valence-corrected chi connectivity index (χ3v) is 5.82. The number of carbonyl (C=O) groups excluding carboxylic acids is 2. The van der Waals surface area contributed by atoms with Crippen molar-refractivity contribution in [2.45, 2.75) is 6.92 Å². The first-order chi connectivity index (χ1) is 10.9. The van der Waals surface area contributed by atoms with Crippen molar-refractivity contribution in [3.05, 3.63) is 43.8 Å². The Morgan fingerprint density at radius 1 is 1.22 bits per heavy atom. The van der Waals surface area contributed by atoms with Crippen molar-refractivity contribution in [3.8, 4) is 0 Å². The van der Waals surface area contributed by atoms with E-state index in [9.17, 15) is 9.59 Å². The fraction of sp³-hybridized carbons (Fsp3) is 0.133. The molecule has 8 heteroatoms. The van der Waals surface area contributed by atoms with Gasteiger partial charge >= 0.3 is 0 Å². The predicted octanol–water partition coefficient (Wildman–Crippen LogP) is 3.76. The van der Waals surface area contributed by atoms with E-state index in [2.05, 4.69) is 26.2 Å². The lowest BCUT2D eigenvalue weighted by molar-refractivity contribution is -0.114. The van der Waals surface area contributed by atoms with Crippen LogP contribution in [0.5, 0.6) is 0 Å². The zero-order chi connectivity index (χ0) is 16.6. The Labute approximate surface area is 148 Å². The first-order valence-corrected chi connectivity index (χ1v) is 9.08. The van der Waals surface area contributed by atoms with Gasteiger partial charge in [-0.3, -0.25) is 9.59 Å². The molecule has 118 valence electrons. The summed E-state index contributed by atoms with van der Waals surface area (Å²) in [5.74, 6) is -0.376. The van der Waals surface area contributed by atoms with E-state index < -0.39 is 0 Å². The van der Waals surface area contributed by atoms with Crippen LogP contribution in [-0.2, 0) is 11.8 Å². The summed E-state index contributed by atoms with van der Waals surface area (Å²) in [6, 6.07) is 9.20.